The number of Topliss-reactive ketones (excluding diaryl/α,β-unsaturated/α-hetero) is 1. The van der Waals surface area contributed by atoms with Gasteiger partial charge < -0.3 is 4.90 Å². The van der Waals surface area contributed by atoms with Crippen LogP contribution in [0.1, 0.15) is 10.4 Å². The fourth-order valence-electron chi connectivity index (χ4n) is 2.11. The Hall–Kier alpha value is -1.64. The minimum Gasteiger partial charge on any atom is -0.333 e. The van der Waals surface area contributed by atoms with Crippen LogP contribution < -0.4 is 0 Å². The van der Waals surface area contributed by atoms with Crippen molar-refractivity contribution in [1.82, 2.24) is 9.80 Å². The lowest BCUT2D eigenvalue weighted by molar-refractivity contribution is -0.128. The predicted molar refractivity (Wildman–Crippen MR) is 80.3 cm³/mol. The number of hydrogen-bond acceptors (Lipinski definition) is 3. The number of rotatable bonds is 3. The zero-order valence-electron chi connectivity index (χ0n) is 11.0. The topological polar surface area (TPSA) is 40.6 Å². The zero-order valence-corrected chi connectivity index (χ0v) is 12.6. The smallest absolute Gasteiger partial charge is 0.295 e. The molecule has 1 heterocycles. The maximum Gasteiger partial charge on any atom is 0.295 e. The first kappa shape index (κ1) is 14.8. The molecular formula is C15H15BrN2O2. The average molecular weight is 335 g/mol. The molecule has 1 fully saturated rings. The van der Waals surface area contributed by atoms with Crippen molar-refractivity contribution >= 4 is 27.6 Å². The number of carbonyl (C=O) groups excluding carboxylic acids is 2. The number of benzene rings is 1. The van der Waals surface area contributed by atoms with Crippen LogP contribution in [0.15, 0.2) is 28.7 Å². The summed E-state index contributed by atoms with van der Waals surface area (Å²) < 4.78 is 0.879. The molecule has 0 saturated carbocycles. The number of halogens is 1. The van der Waals surface area contributed by atoms with Gasteiger partial charge in [0.1, 0.15) is 0 Å². The first-order chi connectivity index (χ1) is 9.61. The normalized spacial score (nSPS) is 15.7. The van der Waals surface area contributed by atoms with E-state index in [9.17, 15) is 9.59 Å². The predicted octanol–water partition coefficient (Wildman–Crippen LogP) is 1.41. The summed E-state index contributed by atoms with van der Waals surface area (Å²) >= 11 is 3.30. The van der Waals surface area contributed by atoms with Crippen LogP contribution >= 0.6 is 15.9 Å². The molecule has 1 amide bonds. The second kappa shape index (κ2) is 6.69. The van der Waals surface area contributed by atoms with Crippen molar-refractivity contribution in [2.45, 2.75) is 0 Å². The number of hydrogen-bond donors (Lipinski definition) is 0. The number of nitrogens with zero attached hydrogens (tertiary/aromatic N) is 2. The van der Waals surface area contributed by atoms with E-state index in [-0.39, 0.29) is 0 Å². The molecule has 0 radical (unpaired) electrons. The van der Waals surface area contributed by atoms with Crippen molar-refractivity contribution < 1.29 is 9.59 Å². The fourth-order valence-corrected chi connectivity index (χ4v) is 2.37. The molecule has 1 aliphatic rings. The van der Waals surface area contributed by atoms with Crippen molar-refractivity contribution in [3.05, 3.63) is 34.3 Å². The molecule has 1 aliphatic heterocycles. The molecule has 0 aliphatic carbocycles. The molecule has 1 saturated heterocycles. The SMILES string of the molecule is C#CCN1CCN(C(=O)C(=O)c2ccc(Br)cc2)CC1. The molecule has 2 rings (SSSR count). The third kappa shape index (κ3) is 3.47. The van der Waals surface area contributed by atoms with Gasteiger partial charge in [-0.25, -0.2) is 0 Å². The molecule has 0 spiro atoms. The van der Waals surface area contributed by atoms with Gasteiger partial charge in [-0.05, 0) is 24.3 Å². The molecule has 0 atom stereocenters. The summed E-state index contributed by atoms with van der Waals surface area (Å²) in [6.07, 6.45) is 5.26. The third-order valence-electron chi connectivity index (χ3n) is 3.28. The highest BCUT2D eigenvalue weighted by molar-refractivity contribution is 9.10. The monoisotopic (exact) mass is 334 g/mol. The summed E-state index contributed by atoms with van der Waals surface area (Å²) in [6.45, 7) is 3.10. The Morgan fingerprint density at radius 2 is 1.75 bits per heavy atom. The highest BCUT2D eigenvalue weighted by Crippen LogP contribution is 2.12. The minimum absolute atomic E-state index is 0.421. The van der Waals surface area contributed by atoms with Crippen LogP contribution in [0.4, 0.5) is 0 Å². The molecule has 1 aromatic carbocycles. The quantitative estimate of drug-likeness (QED) is 0.476. The minimum atomic E-state index is -0.456. The van der Waals surface area contributed by atoms with E-state index in [1.807, 2.05) is 0 Å². The number of piperazine rings is 1. The van der Waals surface area contributed by atoms with Crippen LogP contribution in [-0.2, 0) is 4.79 Å². The van der Waals surface area contributed by atoms with Crippen LogP contribution in [0.25, 0.3) is 0 Å². The Bertz CT molecular complexity index is 540. The number of carbonyl (C=O) groups is 2. The van der Waals surface area contributed by atoms with E-state index in [1.165, 1.54) is 0 Å². The maximum absolute atomic E-state index is 12.2. The molecule has 104 valence electrons. The van der Waals surface area contributed by atoms with Crippen molar-refractivity contribution in [2.24, 2.45) is 0 Å². The second-order valence-electron chi connectivity index (χ2n) is 4.61. The molecule has 0 N–H and O–H groups in total. The van der Waals surface area contributed by atoms with Gasteiger partial charge in [-0.1, -0.05) is 21.9 Å². The van der Waals surface area contributed by atoms with Gasteiger partial charge in [0.25, 0.3) is 5.91 Å². The summed E-state index contributed by atoms with van der Waals surface area (Å²) in [5.41, 5.74) is 0.421. The third-order valence-corrected chi connectivity index (χ3v) is 3.80. The van der Waals surface area contributed by atoms with Gasteiger partial charge in [-0.2, -0.15) is 0 Å². The van der Waals surface area contributed by atoms with Gasteiger partial charge in [0.15, 0.2) is 0 Å². The average Bonchev–Trinajstić information content (AvgIpc) is 2.48. The highest BCUT2D eigenvalue weighted by atomic mass is 79.9. The maximum atomic E-state index is 12.2. The van der Waals surface area contributed by atoms with E-state index in [0.717, 1.165) is 4.47 Å². The van der Waals surface area contributed by atoms with Crippen molar-refractivity contribution in [3.63, 3.8) is 0 Å². The molecule has 20 heavy (non-hydrogen) atoms. The lowest BCUT2D eigenvalue weighted by Crippen LogP contribution is -2.50. The lowest BCUT2D eigenvalue weighted by Gasteiger charge is -2.33. The summed E-state index contributed by atoms with van der Waals surface area (Å²) in [7, 11) is 0. The standard InChI is InChI=1S/C15H15BrN2O2/c1-2-7-17-8-10-18(11-9-17)15(20)14(19)12-3-5-13(16)6-4-12/h1,3-6H,7-11H2. The first-order valence-corrected chi connectivity index (χ1v) is 7.16. The van der Waals surface area contributed by atoms with Crippen LogP contribution in [-0.4, -0.2) is 54.2 Å². The molecule has 0 bridgehead atoms. The Morgan fingerprint density at radius 1 is 1.15 bits per heavy atom. The molecule has 5 heteroatoms. The van der Waals surface area contributed by atoms with Gasteiger partial charge in [-0.3, -0.25) is 14.5 Å². The molecule has 4 nitrogen and oxygen atoms in total. The number of ketones is 1. The Balaban J connectivity index is 1.97. The molecule has 0 unspecified atom stereocenters. The Morgan fingerprint density at radius 3 is 2.30 bits per heavy atom. The van der Waals surface area contributed by atoms with Crippen molar-refractivity contribution in [2.75, 3.05) is 32.7 Å². The van der Waals surface area contributed by atoms with E-state index in [0.29, 0.717) is 38.3 Å². The van der Waals surface area contributed by atoms with Crippen LogP contribution in [0, 0.1) is 12.3 Å². The molecular weight excluding hydrogens is 320 g/mol. The van der Waals surface area contributed by atoms with Gasteiger partial charge in [-0.15, -0.1) is 6.42 Å². The lowest BCUT2D eigenvalue weighted by atomic mass is 10.1. The summed E-state index contributed by atoms with van der Waals surface area (Å²) in [5.74, 6) is 1.69. The van der Waals surface area contributed by atoms with E-state index >= 15 is 0 Å². The largest absolute Gasteiger partial charge is 0.333 e. The summed E-state index contributed by atoms with van der Waals surface area (Å²) in [4.78, 5) is 27.9. The van der Waals surface area contributed by atoms with Gasteiger partial charge in [0.2, 0.25) is 5.78 Å². The van der Waals surface area contributed by atoms with E-state index in [4.69, 9.17) is 6.42 Å². The molecule has 0 aromatic heterocycles. The first-order valence-electron chi connectivity index (χ1n) is 6.37. The van der Waals surface area contributed by atoms with Crippen LogP contribution in [0.5, 0.6) is 0 Å². The fraction of sp³-hybridized carbons (Fsp3) is 0.333. The zero-order chi connectivity index (χ0) is 14.5. The van der Waals surface area contributed by atoms with Gasteiger partial charge in [0.05, 0.1) is 6.54 Å². The number of amides is 1. The van der Waals surface area contributed by atoms with E-state index in [2.05, 4.69) is 26.8 Å². The van der Waals surface area contributed by atoms with Gasteiger partial charge >= 0.3 is 0 Å². The van der Waals surface area contributed by atoms with E-state index in [1.54, 1.807) is 29.2 Å². The Kier molecular flexibility index (Phi) is 4.94. The summed E-state index contributed by atoms with van der Waals surface area (Å²) in [6, 6.07) is 6.81. The second-order valence-corrected chi connectivity index (χ2v) is 5.52. The molecule has 1 aromatic rings. The van der Waals surface area contributed by atoms with Crippen molar-refractivity contribution in [1.29, 1.82) is 0 Å². The van der Waals surface area contributed by atoms with E-state index < -0.39 is 11.7 Å². The highest BCUT2D eigenvalue weighted by Gasteiger charge is 2.26. The van der Waals surface area contributed by atoms with Gasteiger partial charge in [0, 0.05) is 36.2 Å². The van der Waals surface area contributed by atoms with Crippen LogP contribution in [0.2, 0.25) is 0 Å². The van der Waals surface area contributed by atoms with Crippen LogP contribution in [0.3, 0.4) is 0 Å². The summed E-state index contributed by atoms with van der Waals surface area (Å²) in [5, 5.41) is 0. The number of terminal acetylenes is 1. The van der Waals surface area contributed by atoms with Crippen molar-refractivity contribution in [3.8, 4) is 12.3 Å². The Labute approximate surface area is 126 Å².